The van der Waals surface area contributed by atoms with Crippen LogP contribution < -0.4 is 18.6 Å². The Bertz CT molecular complexity index is 3480. The first-order valence-corrected chi connectivity index (χ1v) is 21.0. The van der Waals surface area contributed by atoms with Gasteiger partial charge < -0.3 is 9.47 Å². The van der Waals surface area contributed by atoms with E-state index < -0.39 is 0 Å². The quantitative estimate of drug-likeness (QED) is 0.107. The van der Waals surface area contributed by atoms with E-state index in [1.807, 2.05) is 72.8 Å². The summed E-state index contributed by atoms with van der Waals surface area (Å²) in [5.74, 6) is 2.62. The third-order valence-corrected chi connectivity index (χ3v) is 11.5. The molecule has 12 aromatic rings. The second-order valence-corrected chi connectivity index (χ2v) is 15.5. The normalized spacial score (nSPS) is 11.4. The Kier molecular flexibility index (Phi) is 8.97. The van der Waals surface area contributed by atoms with Crippen LogP contribution in [-0.4, -0.2) is 19.1 Å². The largest absolute Gasteiger partial charge is 0.458 e. The summed E-state index contributed by atoms with van der Waals surface area (Å²) < 4.78 is 21.3. The van der Waals surface area contributed by atoms with E-state index in [2.05, 4.69) is 174 Å². The van der Waals surface area contributed by atoms with Crippen molar-refractivity contribution < 1.29 is 18.6 Å². The third kappa shape index (κ3) is 6.85. The Morgan fingerprint density at radius 1 is 0.359 bits per heavy atom. The van der Waals surface area contributed by atoms with Crippen LogP contribution in [0.25, 0.3) is 77.7 Å². The molecule has 64 heavy (non-hydrogen) atoms. The third-order valence-electron chi connectivity index (χ3n) is 11.5. The fraction of sp³-hybridized carbons (Fsp3) is 0. The Balaban J connectivity index is 0.800. The zero-order chi connectivity index (χ0) is 42.4. The first-order chi connectivity index (χ1) is 31.7. The lowest BCUT2D eigenvalue weighted by Gasteiger charge is -2.11. The number of fused-ring (bicyclic) bond motifs is 4. The number of aromatic nitrogens is 6. The van der Waals surface area contributed by atoms with Gasteiger partial charge in [-0.05, 0) is 94.3 Å². The minimum atomic E-state index is 0.631. The van der Waals surface area contributed by atoms with Gasteiger partial charge >= 0.3 is 0 Å². The molecule has 0 spiro atoms. The predicted octanol–water partition coefficient (Wildman–Crippen LogP) is 12.1. The summed E-state index contributed by atoms with van der Waals surface area (Å²) in [7, 11) is 0. The zero-order valence-corrected chi connectivity index (χ0v) is 34.3. The van der Waals surface area contributed by atoms with Crippen molar-refractivity contribution in [3.05, 3.63) is 231 Å². The molecule has 4 aromatic heterocycles. The Labute approximate surface area is 368 Å². The van der Waals surface area contributed by atoms with Crippen LogP contribution in [0.15, 0.2) is 219 Å². The predicted molar refractivity (Wildman–Crippen MR) is 250 cm³/mol. The molecule has 8 heteroatoms. The number of pyridine rings is 2. The zero-order valence-electron chi connectivity index (χ0n) is 34.3. The van der Waals surface area contributed by atoms with Crippen LogP contribution in [0, 0.1) is 12.7 Å². The van der Waals surface area contributed by atoms with Gasteiger partial charge in [0.15, 0.2) is 0 Å². The lowest BCUT2D eigenvalue weighted by molar-refractivity contribution is -0.572. The van der Waals surface area contributed by atoms with Crippen LogP contribution in [-0.2, 0) is 0 Å². The van der Waals surface area contributed by atoms with Crippen molar-refractivity contribution in [1.29, 1.82) is 0 Å². The van der Waals surface area contributed by atoms with Crippen molar-refractivity contribution in [1.82, 2.24) is 19.1 Å². The van der Waals surface area contributed by atoms with Crippen molar-refractivity contribution in [3.63, 3.8) is 0 Å². The fourth-order valence-electron chi connectivity index (χ4n) is 8.39. The summed E-state index contributed by atoms with van der Waals surface area (Å²) >= 11 is 0. The molecule has 0 aliphatic rings. The second-order valence-electron chi connectivity index (χ2n) is 15.5. The van der Waals surface area contributed by atoms with E-state index in [9.17, 15) is 0 Å². The molecule has 0 N–H and O–H groups in total. The van der Waals surface area contributed by atoms with Gasteiger partial charge in [-0.15, -0.1) is 0 Å². The molecular weight excluding hydrogens is 789 g/mol. The first-order valence-electron chi connectivity index (χ1n) is 21.0. The summed E-state index contributed by atoms with van der Waals surface area (Å²) in [4.78, 5) is 9.31. The molecule has 0 saturated carbocycles. The van der Waals surface area contributed by atoms with Crippen LogP contribution in [0.2, 0.25) is 0 Å². The smallest absolute Gasteiger partial charge is 0.269 e. The highest BCUT2D eigenvalue weighted by molar-refractivity contribution is 5.86. The molecule has 4 heterocycles. The summed E-state index contributed by atoms with van der Waals surface area (Å²) in [5.41, 5.74) is 9.38. The van der Waals surface area contributed by atoms with Gasteiger partial charge in [-0.1, -0.05) is 121 Å². The minimum absolute atomic E-state index is 0.631. The molecular formula is C56H36N6O2. The van der Waals surface area contributed by atoms with Crippen LogP contribution in [0.1, 0.15) is 0 Å². The highest BCUT2D eigenvalue weighted by atomic mass is 16.5. The molecule has 0 atom stereocenters. The highest BCUT2D eigenvalue weighted by Crippen LogP contribution is 2.31. The monoisotopic (exact) mass is 824 g/mol. The van der Waals surface area contributed by atoms with Gasteiger partial charge in [0.25, 0.3) is 12.7 Å². The van der Waals surface area contributed by atoms with Crippen molar-refractivity contribution in [2.75, 3.05) is 0 Å². The number of hydrogen-bond donors (Lipinski definition) is 0. The molecule has 0 unspecified atom stereocenters. The van der Waals surface area contributed by atoms with Crippen molar-refractivity contribution >= 4 is 43.6 Å². The van der Waals surface area contributed by atoms with Crippen LogP contribution >= 0.6 is 0 Å². The average Bonchev–Trinajstić information content (AvgIpc) is 3.94. The summed E-state index contributed by atoms with van der Waals surface area (Å²) in [6.45, 7) is 0. The number of rotatable bonds is 9. The fourth-order valence-corrected chi connectivity index (χ4v) is 8.39. The van der Waals surface area contributed by atoms with Crippen LogP contribution in [0.5, 0.6) is 23.0 Å². The van der Waals surface area contributed by atoms with E-state index in [1.54, 1.807) is 12.4 Å². The summed E-state index contributed by atoms with van der Waals surface area (Å²) in [6, 6.07) is 69.9. The van der Waals surface area contributed by atoms with Crippen LogP contribution in [0.3, 0.4) is 0 Å². The molecule has 8 nitrogen and oxygen atoms in total. The summed E-state index contributed by atoms with van der Waals surface area (Å²) in [5, 5.41) is 4.76. The van der Waals surface area contributed by atoms with Gasteiger partial charge in [-0.2, -0.15) is 0 Å². The maximum Gasteiger partial charge on any atom is 0.269 e. The first kappa shape index (κ1) is 36.9. The van der Waals surface area contributed by atoms with Crippen molar-refractivity contribution in [2.45, 2.75) is 0 Å². The average molecular weight is 825 g/mol. The Hall–Kier alpha value is -8.88. The molecule has 0 fully saturated rings. The maximum atomic E-state index is 6.47. The molecule has 0 saturated heterocycles. The van der Waals surface area contributed by atoms with E-state index in [0.29, 0.717) is 34.4 Å². The van der Waals surface area contributed by atoms with E-state index in [-0.39, 0.29) is 0 Å². The lowest BCUT2D eigenvalue weighted by atomic mass is 10.1. The molecule has 0 aliphatic heterocycles. The molecule has 12 rings (SSSR count). The van der Waals surface area contributed by atoms with E-state index >= 15 is 0 Å². The van der Waals surface area contributed by atoms with Gasteiger partial charge in [-0.3, -0.25) is 28.2 Å². The Morgan fingerprint density at radius 3 is 1.27 bits per heavy atom. The number of ether oxygens (including phenoxy) is 2. The minimum Gasteiger partial charge on any atom is -0.458 e. The highest BCUT2D eigenvalue weighted by Gasteiger charge is 2.16. The SMILES string of the molecule is [c-]1n(-c2ccc3ccccc3c2)c2ccccc2[n+]1-c1cccc(Oc2ccnc(-c3cc(Oc4cccc(-[n+]5[c-]n(-c6ccc7ccccc7c6)c6ccccc65)c4)ccn3)c2)c1. The van der Waals surface area contributed by atoms with Crippen LogP contribution in [0.4, 0.5) is 0 Å². The topological polar surface area (TPSA) is 61.9 Å². The van der Waals surface area contributed by atoms with E-state index in [1.165, 1.54) is 21.5 Å². The van der Waals surface area contributed by atoms with Gasteiger partial charge in [-0.25, -0.2) is 0 Å². The molecule has 8 aromatic carbocycles. The van der Waals surface area contributed by atoms with Gasteiger partial charge in [0.2, 0.25) is 0 Å². The van der Waals surface area contributed by atoms with Crippen molar-refractivity contribution in [2.24, 2.45) is 0 Å². The van der Waals surface area contributed by atoms with Gasteiger partial charge in [0.05, 0.1) is 56.2 Å². The van der Waals surface area contributed by atoms with E-state index in [4.69, 9.17) is 9.47 Å². The molecule has 0 bridgehead atoms. The molecule has 302 valence electrons. The molecule has 0 aliphatic carbocycles. The number of hydrogen-bond acceptors (Lipinski definition) is 4. The van der Waals surface area contributed by atoms with E-state index in [0.717, 1.165) is 44.8 Å². The molecule has 0 amide bonds. The number of nitrogens with zero attached hydrogens (tertiary/aromatic N) is 6. The lowest BCUT2D eigenvalue weighted by Crippen LogP contribution is -2.29. The number of para-hydroxylation sites is 4. The maximum absolute atomic E-state index is 6.47. The standard InChI is InChI=1S/C56H36N6O2/c1-3-13-41-31-45(25-23-39(41)11-1)61-37-59(53-19-5-7-21-55(53)61)43-15-9-17-47(33-43)63-49-27-29-57-51(35-49)52-36-50(28-30-58-52)64-48-18-10-16-44(34-48)60-38-62(56-22-8-6-20-54(56)60)46-26-24-40-12-2-4-14-42(40)32-46/h1-36H. The van der Waals surface area contributed by atoms with Gasteiger partial charge in [0.1, 0.15) is 23.0 Å². The molecule has 0 radical (unpaired) electrons. The second kappa shape index (κ2) is 15.5. The number of benzene rings is 8. The number of imidazole rings is 2. The van der Waals surface area contributed by atoms with Crippen molar-refractivity contribution in [3.8, 4) is 57.1 Å². The summed E-state index contributed by atoms with van der Waals surface area (Å²) in [6.07, 6.45) is 10.7. The Morgan fingerprint density at radius 2 is 0.781 bits per heavy atom. The van der Waals surface area contributed by atoms with Gasteiger partial charge in [0, 0.05) is 24.5 Å².